The van der Waals surface area contributed by atoms with Crippen molar-refractivity contribution < 1.29 is 13.9 Å². The zero-order valence-corrected chi connectivity index (χ0v) is 21.3. The second-order valence-electron chi connectivity index (χ2n) is 8.48. The fourth-order valence-corrected chi connectivity index (χ4v) is 4.88. The van der Waals surface area contributed by atoms with Crippen LogP contribution in [-0.2, 0) is 7.05 Å². The van der Waals surface area contributed by atoms with Gasteiger partial charge in [0.2, 0.25) is 0 Å². The van der Waals surface area contributed by atoms with Crippen molar-refractivity contribution in [3.8, 4) is 17.0 Å². The molecular formula is C26H23FN6O3S. The molecule has 5 aromatic rings. The topological polar surface area (TPSA) is 114 Å². The molecule has 0 aliphatic heterocycles. The summed E-state index contributed by atoms with van der Waals surface area (Å²) in [5.41, 5.74) is 2.18. The first kappa shape index (κ1) is 24.2. The van der Waals surface area contributed by atoms with Gasteiger partial charge in [-0.15, -0.1) is 11.3 Å². The summed E-state index contributed by atoms with van der Waals surface area (Å²) in [4.78, 5) is 25.9. The number of hydrogen-bond acceptors (Lipinski definition) is 7. The number of nitrogens with one attached hydrogen (secondary N) is 3. The molecule has 0 radical (unpaired) electrons. The van der Waals surface area contributed by atoms with Gasteiger partial charge in [-0.2, -0.15) is 10.2 Å². The number of aromatic amines is 1. The van der Waals surface area contributed by atoms with Crippen LogP contribution in [0.15, 0.2) is 53.3 Å². The lowest BCUT2D eigenvalue weighted by molar-refractivity contribution is 0.103. The number of nitrogens with zero attached hydrogens (tertiary/aromatic N) is 3. The lowest BCUT2D eigenvalue weighted by Gasteiger charge is -2.13. The number of methoxy groups -OCH3 is 1. The molecule has 0 aliphatic rings. The van der Waals surface area contributed by atoms with Gasteiger partial charge in [-0.3, -0.25) is 14.3 Å². The maximum atomic E-state index is 14.9. The van der Waals surface area contributed by atoms with Gasteiger partial charge in [-0.1, -0.05) is 0 Å². The third-order valence-electron chi connectivity index (χ3n) is 6.06. The molecule has 0 aliphatic carbocycles. The zero-order valence-electron chi connectivity index (χ0n) is 20.5. The van der Waals surface area contributed by atoms with Crippen LogP contribution >= 0.6 is 11.3 Å². The van der Waals surface area contributed by atoms with Crippen molar-refractivity contribution in [1.82, 2.24) is 20.0 Å². The molecule has 0 fully saturated rings. The molecule has 2 aromatic carbocycles. The molecule has 11 heteroatoms. The summed E-state index contributed by atoms with van der Waals surface area (Å²) >= 11 is 1.31. The van der Waals surface area contributed by atoms with E-state index in [4.69, 9.17) is 4.74 Å². The normalized spacial score (nSPS) is 11.1. The highest BCUT2D eigenvalue weighted by Crippen LogP contribution is 2.33. The Balaban J connectivity index is 1.46. The van der Waals surface area contributed by atoms with Gasteiger partial charge in [0.1, 0.15) is 17.3 Å². The Bertz CT molecular complexity index is 1700. The third kappa shape index (κ3) is 4.68. The van der Waals surface area contributed by atoms with E-state index >= 15 is 0 Å². The van der Waals surface area contributed by atoms with E-state index in [2.05, 4.69) is 25.9 Å². The van der Waals surface area contributed by atoms with Gasteiger partial charge in [-0.05, 0) is 67.3 Å². The number of aromatic nitrogens is 4. The van der Waals surface area contributed by atoms with Crippen molar-refractivity contribution in [2.45, 2.75) is 13.8 Å². The van der Waals surface area contributed by atoms with Gasteiger partial charge in [-0.25, -0.2) is 9.49 Å². The average molecular weight is 519 g/mol. The Morgan fingerprint density at radius 2 is 1.95 bits per heavy atom. The predicted octanol–water partition coefficient (Wildman–Crippen LogP) is 5.15. The molecule has 188 valence electrons. The van der Waals surface area contributed by atoms with Crippen LogP contribution in [-0.4, -0.2) is 33.0 Å². The van der Waals surface area contributed by atoms with E-state index in [9.17, 15) is 14.0 Å². The fourth-order valence-electron chi connectivity index (χ4n) is 3.94. The van der Waals surface area contributed by atoms with Crippen molar-refractivity contribution in [2.24, 2.45) is 7.05 Å². The van der Waals surface area contributed by atoms with E-state index in [1.807, 2.05) is 25.1 Å². The maximum Gasteiger partial charge on any atom is 0.287 e. The summed E-state index contributed by atoms with van der Waals surface area (Å²) in [6, 6.07) is 13.5. The van der Waals surface area contributed by atoms with E-state index in [0.717, 1.165) is 15.8 Å². The smallest absolute Gasteiger partial charge is 0.287 e. The molecular weight excluding hydrogens is 495 g/mol. The van der Waals surface area contributed by atoms with Gasteiger partial charge in [0, 0.05) is 29.1 Å². The highest BCUT2D eigenvalue weighted by Gasteiger charge is 2.18. The SMILES string of the molecule is COc1ccc2sc(C(=O)Nc3c(F)ccc(-c4cc(Nc5cc(C)n(C)n5)c(=O)[nH]n4)c3C)cc2c1. The molecule has 0 saturated carbocycles. The summed E-state index contributed by atoms with van der Waals surface area (Å²) in [5.74, 6) is 0.186. The Morgan fingerprint density at radius 3 is 2.68 bits per heavy atom. The lowest BCUT2D eigenvalue weighted by atomic mass is 10.0. The number of halogens is 1. The van der Waals surface area contributed by atoms with Gasteiger partial charge >= 0.3 is 0 Å². The highest BCUT2D eigenvalue weighted by atomic mass is 32.1. The average Bonchev–Trinajstić information content (AvgIpc) is 3.45. The number of hydrogen-bond donors (Lipinski definition) is 3. The van der Waals surface area contributed by atoms with E-state index in [-0.39, 0.29) is 11.4 Å². The summed E-state index contributed by atoms with van der Waals surface area (Å²) in [7, 11) is 3.38. The Labute approximate surface area is 214 Å². The summed E-state index contributed by atoms with van der Waals surface area (Å²) in [5, 5.41) is 17.5. The van der Waals surface area contributed by atoms with Crippen LogP contribution in [0.1, 0.15) is 20.9 Å². The van der Waals surface area contributed by atoms with Gasteiger partial charge < -0.3 is 15.4 Å². The number of ether oxygens (including phenoxy) is 1. The minimum Gasteiger partial charge on any atom is -0.497 e. The lowest BCUT2D eigenvalue weighted by Crippen LogP contribution is -2.15. The van der Waals surface area contributed by atoms with Crippen LogP contribution in [0.5, 0.6) is 5.75 Å². The van der Waals surface area contributed by atoms with Crippen molar-refractivity contribution in [3.05, 3.63) is 80.8 Å². The molecule has 3 N–H and O–H groups in total. The fraction of sp³-hybridized carbons (Fsp3) is 0.154. The first-order chi connectivity index (χ1) is 17.7. The van der Waals surface area contributed by atoms with Gasteiger partial charge in [0.15, 0.2) is 5.82 Å². The monoisotopic (exact) mass is 518 g/mol. The minimum atomic E-state index is -0.580. The van der Waals surface area contributed by atoms with Crippen molar-refractivity contribution in [2.75, 3.05) is 17.7 Å². The number of fused-ring (bicyclic) bond motifs is 1. The predicted molar refractivity (Wildman–Crippen MR) is 143 cm³/mol. The molecule has 9 nitrogen and oxygen atoms in total. The van der Waals surface area contributed by atoms with Crippen LogP contribution < -0.4 is 20.9 Å². The number of aryl methyl sites for hydroxylation is 2. The van der Waals surface area contributed by atoms with Crippen LogP contribution in [0.2, 0.25) is 0 Å². The van der Waals surface area contributed by atoms with E-state index in [0.29, 0.717) is 33.3 Å². The Hall–Kier alpha value is -4.51. The number of H-pyrrole nitrogens is 1. The molecule has 0 saturated heterocycles. The number of benzene rings is 2. The second kappa shape index (κ2) is 9.51. The number of rotatable bonds is 6. The van der Waals surface area contributed by atoms with Crippen LogP contribution in [0.4, 0.5) is 21.6 Å². The molecule has 5 rings (SSSR count). The van der Waals surface area contributed by atoms with Crippen LogP contribution in [0.25, 0.3) is 21.3 Å². The molecule has 1 amide bonds. The number of carbonyl (C=O) groups excluding carboxylic acids is 1. The quantitative estimate of drug-likeness (QED) is 0.287. The molecule has 0 unspecified atom stereocenters. The Kier molecular flexibility index (Phi) is 6.22. The first-order valence-corrected chi connectivity index (χ1v) is 12.1. The summed E-state index contributed by atoms with van der Waals surface area (Å²) in [6.45, 7) is 3.58. The van der Waals surface area contributed by atoms with E-state index in [1.165, 1.54) is 17.4 Å². The van der Waals surface area contributed by atoms with Gasteiger partial charge in [0.05, 0.1) is 23.4 Å². The second-order valence-corrected chi connectivity index (χ2v) is 9.56. The van der Waals surface area contributed by atoms with Crippen LogP contribution in [0, 0.1) is 19.7 Å². The molecule has 3 heterocycles. The number of carbonyl (C=O) groups is 1. The molecule has 0 spiro atoms. The number of thiophene rings is 1. The minimum absolute atomic E-state index is 0.0420. The third-order valence-corrected chi connectivity index (χ3v) is 7.17. The molecule has 37 heavy (non-hydrogen) atoms. The van der Waals surface area contributed by atoms with E-state index in [1.54, 1.807) is 50.0 Å². The van der Waals surface area contributed by atoms with Crippen LogP contribution in [0.3, 0.4) is 0 Å². The van der Waals surface area contributed by atoms with Crippen molar-refractivity contribution in [1.29, 1.82) is 0 Å². The number of amides is 1. The van der Waals surface area contributed by atoms with Crippen molar-refractivity contribution >= 4 is 44.5 Å². The first-order valence-electron chi connectivity index (χ1n) is 11.3. The number of anilines is 3. The van der Waals surface area contributed by atoms with E-state index < -0.39 is 17.3 Å². The molecule has 0 atom stereocenters. The molecule has 3 aromatic heterocycles. The summed E-state index contributed by atoms with van der Waals surface area (Å²) < 4.78 is 22.7. The Morgan fingerprint density at radius 1 is 1.14 bits per heavy atom. The highest BCUT2D eigenvalue weighted by molar-refractivity contribution is 7.20. The molecule has 0 bridgehead atoms. The maximum absolute atomic E-state index is 14.9. The standard InChI is InChI=1S/C26H23FN6O3S/c1-13-9-23(32-33(13)3)28-20-12-19(30-31-25(20)34)17-6-7-18(27)24(14(17)2)29-26(35)22-11-15-10-16(36-4)5-8-21(15)37-22/h5-12H,1-4H3,(H,29,35)(H,31,34)(H,28,30,32). The van der Waals surface area contributed by atoms with Crippen molar-refractivity contribution in [3.63, 3.8) is 0 Å². The summed E-state index contributed by atoms with van der Waals surface area (Å²) in [6.07, 6.45) is 0. The zero-order chi connectivity index (χ0) is 26.3. The van der Waals surface area contributed by atoms with Gasteiger partial charge in [0.25, 0.3) is 11.5 Å². The largest absolute Gasteiger partial charge is 0.497 e.